The van der Waals surface area contributed by atoms with Gasteiger partial charge in [-0.25, -0.2) is 0 Å². The van der Waals surface area contributed by atoms with Gasteiger partial charge in [-0.1, -0.05) is 32.0 Å². The molecular weight excluding hydrogens is 407 g/mol. The number of nitrogens with one attached hydrogen (secondary N) is 2. The maximum Gasteiger partial charge on any atom is 0.416 e. The van der Waals surface area contributed by atoms with Crippen molar-refractivity contribution >= 4 is 23.2 Å². The molecule has 2 N–H and O–H groups in total. The lowest BCUT2D eigenvalue weighted by molar-refractivity contribution is -0.116. The zero-order chi connectivity index (χ0) is 22.2. The zero-order valence-corrected chi connectivity index (χ0v) is 17.8. The number of hydrogen-bond donors (Lipinski definition) is 2. The van der Waals surface area contributed by atoms with E-state index in [4.69, 9.17) is 16.3 Å². The molecule has 9 heteroatoms. The van der Waals surface area contributed by atoms with Gasteiger partial charge in [-0.2, -0.15) is 13.2 Å². The number of halogens is 4. The minimum Gasteiger partial charge on any atom is -0.495 e. The van der Waals surface area contributed by atoms with E-state index in [0.29, 0.717) is 29.4 Å². The molecule has 162 valence electrons. The molecule has 0 saturated carbocycles. The molecule has 1 aromatic carbocycles. The lowest BCUT2D eigenvalue weighted by atomic mass is 9.99. The molecule has 0 spiro atoms. The predicted molar refractivity (Wildman–Crippen MR) is 110 cm³/mol. The first-order valence-electron chi connectivity index (χ1n) is 9.21. The largest absolute Gasteiger partial charge is 0.495 e. The summed E-state index contributed by atoms with van der Waals surface area (Å²) in [5.41, 5.74) is -0.438. The molecule has 1 amide bonds. The number of alkyl halides is 3. The Kier molecular flexibility index (Phi) is 9.36. The van der Waals surface area contributed by atoms with Crippen molar-refractivity contribution in [3.05, 3.63) is 46.8 Å². The van der Waals surface area contributed by atoms with Crippen molar-refractivity contribution in [1.82, 2.24) is 10.2 Å². The minimum absolute atomic E-state index is 0.0735. The van der Waals surface area contributed by atoms with Crippen molar-refractivity contribution in [2.75, 3.05) is 32.6 Å². The van der Waals surface area contributed by atoms with Crippen LogP contribution < -0.4 is 15.4 Å². The summed E-state index contributed by atoms with van der Waals surface area (Å²) in [7, 11) is 3.00. The molecule has 2 rings (SSSR count). The highest BCUT2D eigenvalue weighted by Gasteiger charge is 2.36. The summed E-state index contributed by atoms with van der Waals surface area (Å²) in [6.07, 6.45) is -3.71. The van der Waals surface area contributed by atoms with Gasteiger partial charge in [0.25, 0.3) is 0 Å². The van der Waals surface area contributed by atoms with E-state index in [2.05, 4.69) is 17.2 Å². The Morgan fingerprint density at radius 3 is 2.62 bits per heavy atom. The van der Waals surface area contributed by atoms with Crippen LogP contribution in [0.15, 0.2) is 41.7 Å². The van der Waals surface area contributed by atoms with Gasteiger partial charge in [0.05, 0.1) is 24.9 Å². The first-order chi connectivity index (χ1) is 13.6. The highest BCUT2D eigenvalue weighted by Crippen LogP contribution is 2.35. The van der Waals surface area contributed by atoms with E-state index in [1.165, 1.54) is 18.1 Å². The molecule has 0 unspecified atom stereocenters. The summed E-state index contributed by atoms with van der Waals surface area (Å²) in [5.74, 6) is 0.267. The summed E-state index contributed by atoms with van der Waals surface area (Å²) in [4.78, 5) is 13.8. The Hall–Kier alpha value is -2.35. The first-order valence-corrected chi connectivity index (χ1v) is 9.59. The molecule has 29 heavy (non-hydrogen) atoms. The first kappa shape index (κ1) is 24.7. The van der Waals surface area contributed by atoms with Crippen molar-refractivity contribution in [3.8, 4) is 5.75 Å². The predicted octanol–water partition coefficient (Wildman–Crippen LogP) is 4.96. The molecule has 0 aliphatic carbocycles. The van der Waals surface area contributed by atoms with Gasteiger partial charge >= 0.3 is 6.18 Å². The van der Waals surface area contributed by atoms with E-state index in [1.807, 2.05) is 13.8 Å². The number of amides is 1. The number of methoxy groups -OCH3 is 1. The number of rotatable bonds is 6. The fraction of sp³-hybridized carbons (Fsp3) is 0.450. The van der Waals surface area contributed by atoms with Gasteiger partial charge in [0.2, 0.25) is 5.91 Å². The Labute approximate surface area is 174 Å². The smallest absolute Gasteiger partial charge is 0.416 e. The van der Waals surface area contributed by atoms with E-state index in [-0.39, 0.29) is 24.4 Å². The number of carbonyl (C=O) groups is 1. The molecule has 0 fully saturated rings. The zero-order valence-electron chi connectivity index (χ0n) is 17.0. The fourth-order valence-electron chi connectivity index (χ4n) is 2.79. The summed E-state index contributed by atoms with van der Waals surface area (Å²) in [6.45, 7) is 7.55. The third-order valence-corrected chi connectivity index (χ3v) is 4.32. The van der Waals surface area contributed by atoms with Gasteiger partial charge in [0.1, 0.15) is 11.6 Å². The molecule has 1 aromatic rings. The highest BCUT2D eigenvalue weighted by molar-refractivity contribution is 6.31. The summed E-state index contributed by atoms with van der Waals surface area (Å²) >= 11 is 5.93. The SMILES string of the molecule is C=C(C1=C(N(C)CC(=O)Nc2cc(Cl)ccc2OC)NCCC1)C(F)(F)F.CC. The van der Waals surface area contributed by atoms with Crippen LogP contribution in [0, 0.1) is 0 Å². The number of nitrogens with zero attached hydrogens (tertiary/aromatic N) is 1. The second kappa shape index (κ2) is 11.0. The van der Waals surface area contributed by atoms with Gasteiger partial charge in [-0.15, -0.1) is 0 Å². The number of allylic oxidation sites excluding steroid dienone is 2. The van der Waals surface area contributed by atoms with Crippen LogP contribution in [0.4, 0.5) is 18.9 Å². The topological polar surface area (TPSA) is 53.6 Å². The molecule has 1 heterocycles. The molecule has 0 saturated heterocycles. The third-order valence-electron chi connectivity index (χ3n) is 4.09. The molecule has 0 radical (unpaired) electrons. The lowest BCUT2D eigenvalue weighted by Gasteiger charge is -2.31. The van der Waals surface area contributed by atoms with Crippen molar-refractivity contribution in [2.45, 2.75) is 32.9 Å². The van der Waals surface area contributed by atoms with E-state index in [0.717, 1.165) is 0 Å². The minimum atomic E-state index is -4.52. The van der Waals surface area contributed by atoms with Crippen molar-refractivity contribution in [2.24, 2.45) is 0 Å². The Balaban J connectivity index is 0.00000204. The number of benzene rings is 1. The van der Waals surface area contributed by atoms with Crippen LogP contribution >= 0.6 is 11.6 Å². The molecule has 1 aliphatic rings. The van der Waals surface area contributed by atoms with E-state index in [1.54, 1.807) is 19.2 Å². The molecule has 5 nitrogen and oxygen atoms in total. The fourth-order valence-corrected chi connectivity index (χ4v) is 2.96. The average Bonchev–Trinajstić information content (AvgIpc) is 2.68. The quantitative estimate of drug-likeness (QED) is 0.666. The highest BCUT2D eigenvalue weighted by atomic mass is 35.5. The molecule has 0 atom stereocenters. The van der Waals surface area contributed by atoms with Crippen molar-refractivity contribution in [3.63, 3.8) is 0 Å². The number of hydrogen-bond acceptors (Lipinski definition) is 4. The van der Waals surface area contributed by atoms with Crippen LogP contribution in [0.1, 0.15) is 26.7 Å². The van der Waals surface area contributed by atoms with Crippen LogP contribution in [-0.4, -0.2) is 44.2 Å². The summed E-state index contributed by atoms with van der Waals surface area (Å²) in [6, 6.07) is 4.76. The van der Waals surface area contributed by atoms with Gasteiger partial charge in [0.15, 0.2) is 0 Å². The molecular formula is C20H27ClF3N3O2. The van der Waals surface area contributed by atoms with Crippen LogP contribution in [0.25, 0.3) is 0 Å². The molecule has 0 bridgehead atoms. The average molecular weight is 434 g/mol. The second-order valence-electron chi connectivity index (χ2n) is 6.08. The van der Waals surface area contributed by atoms with Crippen LogP contribution in [0.3, 0.4) is 0 Å². The van der Waals surface area contributed by atoms with Crippen molar-refractivity contribution < 1.29 is 22.7 Å². The molecule has 0 aromatic heterocycles. The second-order valence-corrected chi connectivity index (χ2v) is 6.52. The number of ether oxygens (including phenoxy) is 1. The van der Waals surface area contributed by atoms with Crippen LogP contribution in [0.2, 0.25) is 5.02 Å². The Morgan fingerprint density at radius 2 is 2.03 bits per heavy atom. The van der Waals surface area contributed by atoms with Crippen LogP contribution in [0.5, 0.6) is 5.75 Å². The monoisotopic (exact) mass is 433 g/mol. The molecule has 1 aliphatic heterocycles. The maximum atomic E-state index is 13.1. The van der Waals surface area contributed by atoms with Gasteiger partial charge in [-0.3, -0.25) is 4.79 Å². The maximum absolute atomic E-state index is 13.1. The van der Waals surface area contributed by atoms with E-state index in [9.17, 15) is 18.0 Å². The van der Waals surface area contributed by atoms with Crippen molar-refractivity contribution in [1.29, 1.82) is 0 Å². The summed E-state index contributed by atoms with van der Waals surface area (Å²) < 4.78 is 44.3. The number of likely N-dealkylation sites (N-methyl/N-ethyl adjacent to an activating group) is 1. The van der Waals surface area contributed by atoms with Gasteiger partial charge in [-0.05, 0) is 31.0 Å². The number of carbonyl (C=O) groups excluding carboxylic acids is 1. The lowest BCUT2D eigenvalue weighted by Crippen LogP contribution is -2.39. The normalized spacial score (nSPS) is 13.7. The van der Waals surface area contributed by atoms with Gasteiger partial charge in [0, 0.05) is 24.2 Å². The number of anilines is 1. The summed E-state index contributed by atoms with van der Waals surface area (Å²) in [5, 5.41) is 6.02. The Morgan fingerprint density at radius 1 is 1.38 bits per heavy atom. The standard InChI is InChI=1S/C18H21ClF3N3O2.C2H6/c1-11(18(20,21)22)13-5-4-8-23-17(13)25(2)10-16(26)24-14-9-12(19)6-7-15(14)27-3;1-2/h6-7,9,23H,1,4-5,8,10H2,2-3H3,(H,24,26);1-2H3. The third kappa shape index (κ3) is 6.88. The van der Waals surface area contributed by atoms with Crippen LogP contribution in [-0.2, 0) is 4.79 Å². The van der Waals surface area contributed by atoms with E-state index >= 15 is 0 Å². The van der Waals surface area contributed by atoms with Gasteiger partial charge < -0.3 is 20.3 Å². The van der Waals surface area contributed by atoms with E-state index < -0.39 is 17.7 Å². The Bertz CT molecular complexity index is 764.